The number of nitrogens with two attached hydrogens (primary N) is 1. The highest BCUT2D eigenvalue weighted by molar-refractivity contribution is 6.30. The van der Waals surface area contributed by atoms with E-state index in [1.165, 1.54) is 10.6 Å². The van der Waals surface area contributed by atoms with Crippen LogP contribution in [0.4, 0.5) is 9.18 Å². The minimum absolute atomic E-state index is 0.0303. The Hall–Kier alpha value is -3.23. The van der Waals surface area contributed by atoms with Crippen molar-refractivity contribution < 1.29 is 18.8 Å². The van der Waals surface area contributed by atoms with Crippen molar-refractivity contribution in [2.45, 2.75) is 43.7 Å². The van der Waals surface area contributed by atoms with Gasteiger partial charge in [-0.15, -0.1) is 0 Å². The number of amides is 2. The third-order valence-corrected chi connectivity index (χ3v) is 7.88. The molecule has 1 aromatic heterocycles. The largest absolute Gasteiger partial charge is 0.351 e. The average Bonchev–Trinajstić information content (AvgIpc) is 3.35. The van der Waals surface area contributed by atoms with Crippen molar-refractivity contribution >= 4 is 40.2 Å². The number of likely N-dealkylation sites (tertiary alicyclic amines) is 1. The van der Waals surface area contributed by atoms with E-state index < -0.39 is 17.9 Å². The first-order valence-electron chi connectivity index (χ1n) is 12.5. The number of likely N-dealkylation sites (N-methyl/N-ethyl adjacent to an activating group) is 1. The Morgan fingerprint density at radius 1 is 1.14 bits per heavy atom. The summed E-state index contributed by atoms with van der Waals surface area (Å²) in [7, 11) is 3.76. The molecular formula is C28H30ClFN4O3. The molecule has 37 heavy (non-hydrogen) atoms. The molecule has 9 heteroatoms. The zero-order valence-electron chi connectivity index (χ0n) is 20.9. The number of benzene rings is 2. The summed E-state index contributed by atoms with van der Waals surface area (Å²) in [6.07, 6.45) is 3.31. The van der Waals surface area contributed by atoms with Gasteiger partial charge in [-0.25, -0.2) is 9.18 Å². The van der Waals surface area contributed by atoms with E-state index in [1.54, 1.807) is 29.3 Å². The second-order valence-electron chi connectivity index (χ2n) is 10.4. The molecule has 3 aromatic rings. The lowest BCUT2D eigenvalue weighted by atomic mass is 9.89. The fraction of sp³-hybridized carbons (Fsp3) is 0.393. The first kappa shape index (κ1) is 25.4. The average molecular weight is 525 g/mol. The topological polar surface area (TPSA) is 88.6 Å². The Balaban J connectivity index is 1.37. The van der Waals surface area contributed by atoms with Crippen LogP contribution in [0.25, 0.3) is 10.9 Å². The zero-order chi connectivity index (χ0) is 26.4. The van der Waals surface area contributed by atoms with Gasteiger partial charge in [0.15, 0.2) is 5.78 Å². The van der Waals surface area contributed by atoms with Gasteiger partial charge in [0.1, 0.15) is 5.82 Å². The predicted molar refractivity (Wildman–Crippen MR) is 140 cm³/mol. The highest BCUT2D eigenvalue weighted by atomic mass is 35.5. The van der Waals surface area contributed by atoms with Crippen molar-refractivity contribution in [2.75, 3.05) is 20.6 Å². The summed E-state index contributed by atoms with van der Waals surface area (Å²) in [6.45, 7) is 0.475. The number of hydrogen-bond acceptors (Lipinski definition) is 4. The Morgan fingerprint density at radius 3 is 2.62 bits per heavy atom. The van der Waals surface area contributed by atoms with Crippen LogP contribution in [0.1, 0.15) is 36.3 Å². The van der Waals surface area contributed by atoms with E-state index in [1.807, 2.05) is 37.2 Å². The molecule has 2 fully saturated rings. The van der Waals surface area contributed by atoms with Crippen LogP contribution in [0.15, 0.2) is 48.7 Å². The van der Waals surface area contributed by atoms with Gasteiger partial charge in [0.05, 0.1) is 23.0 Å². The van der Waals surface area contributed by atoms with Crippen molar-refractivity contribution in [1.29, 1.82) is 0 Å². The number of halogens is 2. The highest BCUT2D eigenvalue weighted by Gasteiger charge is 2.55. The monoisotopic (exact) mass is 524 g/mol. The Bertz CT molecular complexity index is 1390. The van der Waals surface area contributed by atoms with E-state index in [2.05, 4.69) is 0 Å². The molecule has 0 radical (unpaired) electrons. The number of nitrogens with zero attached hydrogens (tertiary/aromatic N) is 3. The molecule has 0 unspecified atom stereocenters. The van der Waals surface area contributed by atoms with Crippen LogP contribution >= 0.6 is 11.6 Å². The first-order chi connectivity index (χ1) is 17.7. The van der Waals surface area contributed by atoms with Gasteiger partial charge in [-0.3, -0.25) is 14.2 Å². The number of para-hydroxylation sites is 1. The normalized spacial score (nSPS) is 21.3. The molecule has 7 nitrogen and oxygen atoms in total. The molecule has 0 bridgehead atoms. The van der Waals surface area contributed by atoms with Crippen LogP contribution in [0, 0.1) is 11.7 Å². The number of carbonyl (C=O) groups is 3. The summed E-state index contributed by atoms with van der Waals surface area (Å²) in [5, 5.41) is 0.814. The van der Waals surface area contributed by atoms with Crippen LogP contribution in [0.3, 0.4) is 0 Å². The van der Waals surface area contributed by atoms with Gasteiger partial charge in [-0.05, 0) is 56.1 Å². The standard InChI is InChI=1S/C28H30ClFN4O3/c1-32(2)14-17(20-7-5-8-21(29)27(20)30)12-25(35)24-11-16-10-23(16)34(24)26(36)13-18-15-33(28(31)37)22-9-4-3-6-19(18)22/h3-9,15-17,23-24H,10-14H2,1-2H3,(H2,31,37)/t16-,17-,23-,24+/m1/s1. The Labute approximate surface area is 219 Å². The number of piperidine rings is 1. The molecule has 2 N–H and O–H groups in total. The van der Waals surface area contributed by atoms with Crippen molar-refractivity contribution in [2.24, 2.45) is 11.7 Å². The summed E-state index contributed by atoms with van der Waals surface area (Å²) in [6, 6.07) is 11.1. The lowest BCUT2D eigenvalue weighted by Crippen LogP contribution is -2.44. The van der Waals surface area contributed by atoms with E-state index >= 15 is 0 Å². The van der Waals surface area contributed by atoms with Crippen LogP contribution in [-0.4, -0.2) is 64.8 Å². The molecular weight excluding hydrogens is 495 g/mol. The van der Waals surface area contributed by atoms with Crippen LogP contribution in [0.5, 0.6) is 0 Å². The number of rotatable bonds is 8. The molecule has 1 aliphatic carbocycles. The number of primary amides is 1. The van der Waals surface area contributed by atoms with Crippen molar-refractivity contribution in [1.82, 2.24) is 14.4 Å². The predicted octanol–water partition coefficient (Wildman–Crippen LogP) is 4.20. The van der Waals surface area contributed by atoms with Gasteiger partial charge >= 0.3 is 6.03 Å². The van der Waals surface area contributed by atoms with Gasteiger partial charge < -0.3 is 15.5 Å². The van der Waals surface area contributed by atoms with Crippen LogP contribution in [0.2, 0.25) is 5.02 Å². The number of carbonyl (C=O) groups excluding carboxylic acids is 3. The van der Waals surface area contributed by atoms with Gasteiger partial charge in [-0.2, -0.15) is 0 Å². The molecule has 2 aliphatic rings. The molecule has 1 saturated heterocycles. The third kappa shape index (κ3) is 4.88. The number of Topliss-reactive ketones (excluding diaryl/α,β-unsaturated/α-hetero) is 1. The fourth-order valence-corrected chi connectivity index (χ4v) is 6.04. The van der Waals surface area contributed by atoms with Crippen molar-refractivity contribution in [3.05, 3.63) is 70.6 Å². The SMILES string of the molecule is CN(C)C[C@@H](CC(=O)[C@@H]1C[C@H]2C[C@H]2N1C(=O)Cc1cn(C(N)=O)c2ccccc12)c1cccc(Cl)c1F. The smallest absolute Gasteiger partial charge is 0.323 e. The summed E-state index contributed by atoms with van der Waals surface area (Å²) >= 11 is 6.03. The quantitative estimate of drug-likeness (QED) is 0.478. The van der Waals surface area contributed by atoms with Crippen LogP contribution < -0.4 is 5.73 Å². The number of ketones is 1. The summed E-state index contributed by atoms with van der Waals surface area (Å²) in [4.78, 5) is 42.8. The summed E-state index contributed by atoms with van der Waals surface area (Å²) in [5.41, 5.74) is 7.28. The lowest BCUT2D eigenvalue weighted by molar-refractivity contribution is -0.138. The van der Waals surface area contributed by atoms with E-state index in [0.717, 1.165) is 11.8 Å². The minimum atomic E-state index is -0.619. The third-order valence-electron chi connectivity index (χ3n) is 7.59. The molecule has 2 aromatic carbocycles. The maximum absolute atomic E-state index is 14.9. The van der Waals surface area contributed by atoms with Gasteiger partial charge in [0.2, 0.25) is 5.91 Å². The molecule has 1 saturated carbocycles. The van der Waals surface area contributed by atoms with Gasteiger partial charge in [0.25, 0.3) is 0 Å². The van der Waals surface area contributed by atoms with Gasteiger partial charge in [-0.1, -0.05) is 41.9 Å². The maximum Gasteiger partial charge on any atom is 0.323 e. The molecule has 0 spiro atoms. The van der Waals surface area contributed by atoms with Crippen molar-refractivity contribution in [3.63, 3.8) is 0 Å². The van der Waals surface area contributed by atoms with Crippen molar-refractivity contribution in [3.8, 4) is 0 Å². The number of aromatic nitrogens is 1. The molecule has 194 valence electrons. The summed E-state index contributed by atoms with van der Waals surface area (Å²) in [5.74, 6) is -0.777. The Kier molecular flexibility index (Phi) is 6.81. The molecule has 4 atom stereocenters. The molecule has 2 heterocycles. The fourth-order valence-electron chi connectivity index (χ4n) is 5.86. The number of hydrogen-bond donors (Lipinski definition) is 1. The maximum atomic E-state index is 14.9. The van der Waals surface area contributed by atoms with E-state index in [9.17, 15) is 18.8 Å². The second kappa shape index (κ2) is 9.91. The van der Waals surface area contributed by atoms with Gasteiger partial charge in [0, 0.05) is 36.5 Å². The zero-order valence-corrected chi connectivity index (χ0v) is 21.6. The Morgan fingerprint density at radius 2 is 1.89 bits per heavy atom. The molecule has 1 aliphatic heterocycles. The first-order valence-corrected chi connectivity index (χ1v) is 12.8. The number of fused-ring (bicyclic) bond motifs is 2. The van der Waals surface area contributed by atoms with E-state index in [4.69, 9.17) is 17.3 Å². The lowest BCUT2D eigenvalue weighted by Gasteiger charge is -2.29. The van der Waals surface area contributed by atoms with E-state index in [-0.39, 0.29) is 41.5 Å². The molecule has 5 rings (SSSR count). The van der Waals surface area contributed by atoms with Crippen LogP contribution in [-0.2, 0) is 16.0 Å². The minimum Gasteiger partial charge on any atom is -0.351 e. The summed E-state index contributed by atoms with van der Waals surface area (Å²) < 4.78 is 16.2. The molecule has 2 amide bonds. The second-order valence-corrected chi connectivity index (χ2v) is 10.9. The highest BCUT2D eigenvalue weighted by Crippen LogP contribution is 2.49. The van der Waals surface area contributed by atoms with E-state index in [0.29, 0.717) is 35.5 Å².